The number of hydrogen-bond donors (Lipinski definition) is 1. The number of sulfonamides is 1. The van der Waals surface area contributed by atoms with E-state index in [0.29, 0.717) is 24.5 Å². The first-order valence-electron chi connectivity index (χ1n) is 6.93. The normalized spacial score (nSPS) is 18.9. The van der Waals surface area contributed by atoms with Crippen LogP contribution in [0.25, 0.3) is 0 Å². The Bertz CT molecular complexity index is 572. The SMILES string of the molecule is Cc1cc(S(=O)(=O)N2CCCN(C)CC2)ccc1CN. The second-order valence-corrected chi connectivity index (χ2v) is 7.29. The number of aryl methyl sites for hydroxylation is 1. The molecule has 0 radical (unpaired) electrons. The Kier molecular flexibility index (Phi) is 4.80. The molecule has 0 saturated carbocycles. The zero-order chi connectivity index (χ0) is 14.8. The van der Waals surface area contributed by atoms with Crippen LogP contribution in [0.5, 0.6) is 0 Å². The number of hydrogen-bond acceptors (Lipinski definition) is 4. The maximum absolute atomic E-state index is 12.7. The molecule has 2 rings (SSSR count). The first-order chi connectivity index (χ1) is 9.45. The molecule has 112 valence electrons. The van der Waals surface area contributed by atoms with Crippen molar-refractivity contribution in [2.24, 2.45) is 5.73 Å². The summed E-state index contributed by atoms with van der Waals surface area (Å²) in [4.78, 5) is 2.54. The van der Waals surface area contributed by atoms with Gasteiger partial charge in [-0.3, -0.25) is 0 Å². The molecular weight excluding hydrogens is 274 g/mol. The fourth-order valence-corrected chi connectivity index (χ4v) is 4.03. The Morgan fingerprint density at radius 1 is 1.20 bits per heavy atom. The standard InChI is InChI=1S/C14H23N3O2S/c1-12-10-14(5-4-13(12)11-15)20(18,19)17-7-3-6-16(2)8-9-17/h4-5,10H,3,6-9,11,15H2,1-2H3. The lowest BCUT2D eigenvalue weighted by molar-refractivity contribution is 0.347. The third kappa shape index (κ3) is 3.20. The number of likely N-dealkylation sites (N-methyl/N-ethyl adjacent to an activating group) is 1. The third-order valence-corrected chi connectivity index (χ3v) is 5.74. The molecule has 0 unspecified atom stereocenters. The van der Waals surface area contributed by atoms with Gasteiger partial charge in [0, 0.05) is 26.2 Å². The minimum absolute atomic E-state index is 0.372. The van der Waals surface area contributed by atoms with E-state index in [-0.39, 0.29) is 0 Å². The molecule has 1 aliphatic heterocycles. The fraction of sp³-hybridized carbons (Fsp3) is 0.571. The molecule has 0 bridgehead atoms. The number of benzene rings is 1. The molecule has 0 aliphatic carbocycles. The van der Waals surface area contributed by atoms with E-state index in [4.69, 9.17) is 5.73 Å². The van der Waals surface area contributed by atoms with E-state index < -0.39 is 10.0 Å². The zero-order valence-corrected chi connectivity index (χ0v) is 13.0. The van der Waals surface area contributed by atoms with Gasteiger partial charge in [0.05, 0.1) is 4.90 Å². The van der Waals surface area contributed by atoms with E-state index in [9.17, 15) is 8.42 Å². The van der Waals surface area contributed by atoms with E-state index in [2.05, 4.69) is 4.90 Å². The fourth-order valence-electron chi connectivity index (χ4n) is 2.47. The summed E-state index contributed by atoms with van der Waals surface area (Å²) in [7, 11) is -1.37. The molecule has 1 aliphatic rings. The van der Waals surface area contributed by atoms with E-state index in [1.165, 1.54) is 0 Å². The van der Waals surface area contributed by atoms with Crippen molar-refractivity contribution in [1.29, 1.82) is 0 Å². The molecule has 5 nitrogen and oxygen atoms in total. The van der Waals surface area contributed by atoms with Crippen LogP contribution < -0.4 is 5.73 Å². The van der Waals surface area contributed by atoms with Gasteiger partial charge in [0.25, 0.3) is 0 Å². The molecule has 1 aromatic rings. The van der Waals surface area contributed by atoms with Crippen LogP contribution in [0.3, 0.4) is 0 Å². The lowest BCUT2D eigenvalue weighted by Gasteiger charge is -2.20. The Hall–Kier alpha value is -0.950. The van der Waals surface area contributed by atoms with Gasteiger partial charge in [-0.15, -0.1) is 0 Å². The van der Waals surface area contributed by atoms with Crippen LogP contribution in [0.4, 0.5) is 0 Å². The molecule has 20 heavy (non-hydrogen) atoms. The highest BCUT2D eigenvalue weighted by atomic mass is 32.2. The summed E-state index contributed by atoms with van der Waals surface area (Å²) in [5, 5.41) is 0. The smallest absolute Gasteiger partial charge is 0.243 e. The Morgan fingerprint density at radius 3 is 2.60 bits per heavy atom. The van der Waals surface area contributed by atoms with Crippen LogP contribution in [-0.4, -0.2) is 50.8 Å². The van der Waals surface area contributed by atoms with Gasteiger partial charge in [-0.1, -0.05) is 6.07 Å². The first kappa shape index (κ1) is 15.4. The van der Waals surface area contributed by atoms with Crippen molar-refractivity contribution in [2.75, 3.05) is 33.2 Å². The van der Waals surface area contributed by atoms with Crippen LogP contribution in [0, 0.1) is 6.92 Å². The summed E-state index contributed by atoms with van der Waals surface area (Å²) in [6.45, 7) is 5.19. The summed E-state index contributed by atoms with van der Waals surface area (Å²) >= 11 is 0. The molecule has 0 aromatic heterocycles. The maximum Gasteiger partial charge on any atom is 0.243 e. The molecular formula is C14H23N3O2S. The highest BCUT2D eigenvalue weighted by molar-refractivity contribution is 7.89. The minimum atomic E-state index is -3.39. The lowest BCUT2D eigenvalue weighted by atomic mass is 10.1. The molecule has 1 aromatic carbocycles. The summed E-state index contributed by atoms with van der Waals surface area (Å²) in [5.74, 6) is 0. The van der Waals surface area contributed by atoms with E-state index in [0.717, 1.165) is 30.6 Å². The third-order valence-electron chi connectivity index (χ3n) is 3.85. The predicted molar refractivity (Wildman–Crippen MR) is 79.9 cm³/mol. The molecule has 0 atom stereocenters. The summed E-state index contributed by atoms with van der Waals surface area (Å²) in [5.41, 5.74) is 7.54. The van der Waals surface area contributed by atoms with E-state index in [1.807, 2.05) is 20.0 Å². The summed E-state index contributed by atoms with van der Waals surface area (Å²) in [6, 6.07) is 5.21. The second-order valence-electron chi connectivity index (χ2n) is 5.35. The number of rotatable bonds is 3. The monoisotopic (exact) mass is 297 g/mol. The summed E-state index contributed by atoms with van der Waals surface area (Å²) < 4.78 is 26.9. The van der Waals surface area contributed by atoms with Crippen LogP contribution in [0.15, 0.2) is 23.1 Å². The molecule has 1 saturated heterocycles. The lowest BCUT2D eigenvalue weighted by Crippen LogP contribution is -2.34. The average Bonchev–Trinajstić information content (AvgIpc) is 2.63. The van der Waals surface area contributed by atoms with Gasteiger partial charge in [0.2, 0.25) is 10.0 Å². The van der Waals surface area contributed by atoms with E-state index in [1.54, 1.807) is 16.4 Å². The minimum Gasteiger partial charge on any atom is -0.326 e. The maximum atomic E-state index is 12.7. The number of nitrogens with zero attached hydrogens (tertiary/aromatic N) is 2. The van der Waals surface area contributed by atoms with Crippen LogP contribution in [0.1, 0.15) is 17.5 Å². The predicted octanol–water partition coefficient (Wildman–Crippen LogP) is 0.780. The van der Waals surface area contributed by atoms with Gasteiger partial charge in [0.15, 0.2) is 0 Å². The quantitative estimate of drug-likeness (QED) is 0.895. The van der Waals surface area contributed by atoms with Crippen LogP contribution >= 0.6 is 0 Å². The molecule has 1 heterocycles. The second kappa shape index (κ2) is 6.22. The van der Waals surface area contributed by atoms with Crippen LogP contribution in [-0.2, 0) is 16.6 Å². The zero-order valence-electron chi connectivity index (χ0n) is 12.2. The van der Waals surface area contributed by atoms with Crippen LogP contribution in [0.2, 0.25) is 0 Å². The van der Waals surface area contributed by atoms with Crippen molar-refractivity contribution in [2.45, 2.75) is 24.8 Å². The molecule has 0 spiro atoms. The van der Waals surface area contributed by atoms with Crippen molar-refractivity contribution in [3.8, 4) is 0 Å². The Morgan fingerprint density at radius 2 is 1.95 bits per heavy atom. The molecule has 1 fully saturated rings. The van der Waals surface area contributed by atoms with Crippen molar-refractivity contribution in [3.63, 3.8) is 0 Å². The van der Waals surface area contributed by atoms with Gasteiger partial charge in [-0.25, -0.2) is 8.42 Å². The molecule has 2 N–H and O–H groups in total. The topological polar surface area (TPSA) is 66.6 Å². The molecule has 6 heteroatoms. The largest absolute Gasteiger partial charge is 0.326 e. The van der Waals surface area contributed by atoms with Gasteiger partial charge >= 0.3 is 0 Å². The van der Waals surface area contributed by atoms with Gasteiger partial charge in [-0.05, 0) is 50.2 Å². The van der Waals surface area contributed by atoms with Gasteiger partial charge in [0.1, 0.15) is 0 Å². The highest BCUT2D eigenvalue weighted by Crippen LogP contribution is 2.20. The van der Waals surface area contributed by atoms with E-state index >= 15 is 0 Å². The molecule has 0 amide bonds. The van der Waals surface area contributed by atoms with Crippen molar-refractivity contribution in [3.05, 3.63) is 29.3 Å². The number of nitrogens with two attached hydrogens (primary N) is 1. The van der Waals surface area contributed by atoms with Gasteiger partial charge in [-0.2, -0.15) is 4.31 Å². The van der Waals surface area contributed by atoms with Crippen molar-refractivity contribution >= 4 is 10.0 Å². The Labute approximate surface area is 121 Å². The highest BCUT2D eigenvalue weighted by Gasteiger charge is 2.26. The first-order valence-corrected chi connectivity index (χ1v) is 8.37. The van der Waals surface area contributed by atoms with Gasteiger partial charge < -0.3 is 10.6 Å². The Balaban J connectivity index is 2.27. The average molecular weight is 297 g/mol. The summed E-state index contributed by atoms with van der Waals surface area (Å²) in [6.07, 6.45) is 0.871. The van der Waals surface area contributed by atoms with Crippen molar-refractivity contribution < 1.29 is 8.42 Å². The van der Waals surface area contributed by atoms with Crippen molar-refractivity contribution in [1.82, 2.24) is 9.21 Å².